The van der Waals surface area contributed by atoms with Gasteiger partial charge in [-0.25, -0.2) is 28.4 Å². The fourth-order valence-corrected chi connectivity index (χ4v) is 7.42. The Hall–Kier alpha value is -0.860. The fourth-order valence-electron chi connectivity index (χ4n) is 4.82. The molecule has 2 radical (unpaired) electrons. The van der Waals surface area contributed by atoms with Crippen LogP contribution in [0.25, 0.3) is 11.2 Å². The van der Waals surface area contributed by atoms with Gasteiger partial charge < -0.3 is 60.4 Å². The smallest absolute Gasteiger partial charge is 0.478 e. The molecule has 2 unspecified atom stereocenters. The summed E-state index contributed by atoms with van der Waals surface area (Å²) in [5.41, 5.74) is 11.1. The van der Waals surface area contributed by atoms with E-state index >= 15 is 0 Å². The number of fused-ring (bicyclic) bond motifs is 1. The van der Waals surface area contributed by atoms with Crippen molar-refractivity contribution in [1.29, 1.82) is 0 Å². The van der Waals surface area contributed by atoms with Gasteiger partial charge in [0.2, 0.25) is 0 Å². The molecule has 5 heterocycles. The number of imidazole rings is 1. The fraction of sp³-hybridized carbons (Fsp3) is 0.476. The van der Waals surface area contributed by atoms with E-state index in [2.05, 4.69) is 32.8 Å². The summed E-state index contributed by atoms with van der Waals surface area (Å²) in [5, 5.41) is 31.5. The third-order valence-corrected chi connectivity index (χ3v) is 10.1. The predicted octanol–water partition coefficient (Wildman–Crippen LogP) is -4.29. The maximum Gasteiger partial charge on any atom is 0.478 e. The first kappa shape index (κ1) is 43.5. The van der Waals surface area contributed by atoms with Crippen LogP contribution in [-0.4, -0.2) is 164 Å². The Bertz CT molecular complexity index is 1820. The van der Waals surface area contributed by atoms with Gasteiger partial charge in [-0.2, -0.15) is 4.57 Å². The number of amides is 1. The zero-order valence-electron chi connectivity index (χ0n) is 25.9. The van der Waals surface area contributed by atoms with Crippen molar-refractivity contribution in [2.75, 3.05) is 18.9 Å². The summed E-state index contributed by atoms with van der Waals surface area (Å²) in [6, 6.07) is 2.77. The second kappa shape index (κ2) is 17.1. The van der Waals surface area contributed by atoms with Gasteiger partial charge in [0.25, 0.3) is 20.0 Å². The normalized spacial score (nSPS) is 29.1. The molecule has 266 valence electrons. The molecule has 0 aromatic carbocycles. The molecule has 2 aliphatic rings. The molecule has 2 aliphatic heterocycles. The zero-order chi connectivity index (χ0) is 35.2. The van der Waals surface area contributed by atoms with Gasteiger partial charge in [-0.3, -0.25) is 23.0 Å². The van der Waals surface area contributed by atoms with Crippen molar-refractivity contribution < 1.29 is 85.3 Å². The molecule has 1 amide bonds. The third-order valence-electron chi connectivity index (χ3n) is 6.97. The van der Waals surface area contributed by atoms with Gasteiger partial charge in [-0.05, 0) is 6.07 Å². The van der Waals surface area contributed by atoms with E-state index in [-0.39, 0.29) is 81.7 Å². The number of aromatic nitrogens is 5. The second-order valence-electron chi connectivity index (χ2n) is 10.2. The molecule has 10 atom stereocenters. The number of carbonyl (C=O) groups excluding carboxylic acids is 1. The Balaban J connectivity index is 0.00000338. The Morgan fingerprint density at radius 1 is 1.00 bits per heavy atom. The van der Waals surface area contributed by atoms with Crippen LogP contribution in [0.15, 0.2) is 37.2 Å². The van der Waals surface area contributed by atoms with E-state index < -0.39 is 91.7 Å². The molecule has 24 nitrogen and oxygen atoms in total. The third kappa shape index (κ3) is 10.2. The number of nitrogen functional groups attached to an aromatic ring is 1. The van der Waals surface area contributed by atoms with Crippen LogP contribution in [0.5, 0.6) is 0 Å². The maximum absolute atomic E-state index is 12.5. The summed E-state index contributed by atoms with van der Waals surface area (Å²) < 4.78 is 67.9. The first-order chi connectivity index (χ1) is 22.4. The molecule has 2 saturated heterocycles. The van der Waals surface area contributed by atoms with Crippen LogP contribution in [0.4, 0.5) is 5.82 Å². The Morgan fingerprint density at radius 2 is 1.66 bits per heavy atom. The van der Waals surface area contributed by atoms with E-state index in [1.54, 1.807) is 0 Å². The summed E-state index contributed by atoms with van der Waals surface area (Å²) >= 11 is 0. The number of primary amides is 1. The number of carbonyl (C=O) groups is 1. The van der Waals surface area contributed by atoms with Crippen molar-refractivity contribution in [3.63, 3.8) is 0 Å². The number of rotatable bonds is 13. The number of aliphatic hydroxyl groups is 3. The van der Waals surface area contributed by atoms with Crippen molar-refractivity contribution in [1.82, 2.24) is 19.5 Å². The number of pyridine rings is 1. The first-order valence-electron chi connectivity index (χ1n) is 13.3. The van der Waals surface area contributed by atoms with Gasteiger partial charge in [0.15, 0.2) is 36.2 Å². The quantitative estimate of drug-likeness (QED) is 0.0461. The van der Waals surface area contributed by atoms with Crippen molar-refractivity contribution in [2.45, 2.75) is 49.1 Å². The summed E-state index contributed by atoms with van der Waals surface area (Å²) in [7, 11) is -16.6. The van der Waals surface area contributed by atoms with Gasteiger partial charge in [-0.15, -0.1) is 0 Å². The number of anilines is 1. The van der Waals surface area contributed by atoms with Crippen LogP contribution in [0, 0.1) is 0 Å². The largest absolute Gasteiger partial charge is 0.756 e. The standard InChI is InChI=1S/C21H28N7O17P3.2Na/c22-17-12-19(25-7-24-17)28(8-26-12)21-16(44-46(33,34)35)14(30)11(43-21)6-41-48(38,39)45-47(36,37)40-5-10-13(29)15(31)20(42-10)27-3-1-2-9(4-27)18(23)32;;/h1-4,7-8,10-11,13-16,20-21,29-31H,5-6H2,(H7-,22,23,24,25,32,33,34,35,36,37,38,39);;/t10-,11-,13-,14-,15-,16-,20-,21-;;/m1../s1. The van der Waals surface area contributed by atoms with Crippen LogP contribution < -0.4 is 20.9 Å². The van der Waals surface area contributed by atoms with E-state index in [0.29, 0.717) is 0 Å². The summed E-state index contributed by atoms with van der Waals surface area (Å²) in [6.45, 7) is -2.12. The summed E-state index contributed by atoms with van der Waals surface area (Å²) in [4.78, 5) is 64.4. The zero-order valence-corrected chi connectivity index (χ0v) is 32.6. The molecule has 10 N–H and O–H groups in total. The topological polar surface area (TPSA) is 368 Å². The number of aliphatic hydroxyl groups excluding tert-OH is 3. The average molecular weight is 789 g/mol. The van der Waals surface area contributed by atoms with E-state index in [4.69, 9.17) is 20.9 Å². The van der Waals surface area contributed by atoms with E-state index in [1.165, 1.54) is 29.1 Å². The molecule has 2 fully saturated rings. The number of nitrogens with two attached hydrogens (primary N) is 2. The van der Waals surface area contributed by atoms with Crippen molar-refractivity contribution >= 4 is 105 Å². The van der Waals surface area contributed by atoms with Gasteiger partial charge in [0.1, 0.15) is 47.9 Å². The molecule has 0 saturated carbocycles. The predicted molar refractivity (Wildman–Crippen MR) is 160 cm³/mol. The van der Waals surface area contributed by atoms with Crippen LogP contribution in [0.2, 0.25) is 0 Å². The molecule has 0 bridgehead atoms. The number of nitrogens with zero attached hydrogens (tertiary/aromatic N) is 5. The Morgan fingerprint density at radius 3 is 2.32 bits per heavy atom. The first-order valence-corrected chi connectivity index (χ1v) is 17.8. The molecule has 3 aromatic heterocycles. The Kier molecular flexibility index (Phi) is 14.9. The van der Waals surface area contributed by atoms with Crippen LogP contribution in [0.3, 0.4) is 0 Å². The van der Waals surface area contributed by atoms with E-state index in [9.17, 15) is 53.4 Å². The molecule has 29 heteroatoms. The van der Waals surface area contributed by atoms with Gasteiger partial charge in [0.05, 0.1) is 19.5 Å². The van der Waals surface area contributed by atoms with Crippen LogP contribution >= 0.6 is 23.5 Å². The molecule has 3 aromatic rings. The van der Waals surface area contributed by atoms with Gasteiger partial charge >= 0.3 is 15.6 Å². The number of hydrogen-bond acceptors (Lipinski definition) is 18. The van der Waals surface area contributed by atoms with E-state index in [0.717, 1.165) is 17.2 Å². The van der Waals surface area contributed by atoms with Crippen LogP contribution in [0.1, 0.15) is 22.8 Å². The van der Waals surface area contributed by atoms with Crippen LogP contribution in [-0.2, 0) is 41.1 Å². The molecule has 50 heavy (non-hydrogen) atoms. The van der Waals surface area contributed by atoms with Crippen molar-refractivity contribution in [3.05, 3.63) is 42.7 Å². The molecular weight excluding hydrogens is 761 g/mol. The second-order valence-corrected chi connectivity index (χ2v) is 14.4. The average Bonchev–Trinajstić information content (AvgIpc) is 3.64. The van der Waals surface area contributed by atoms with Crippen molar-refractivity contribution in [2.24, 2.45) is 5.73 Å². The minimum Gasteiger partial charge on any atom is -0.756 e. The number of hydrogen-bond donors (Lipinski definition) is 8. The number of phosphoric ester groups is 3. The van der Waals surface area contributed by atoms with E-state index in [1.807, 2.05) is 0 Å². The van der Waals surface area contributed by atoms with Gasteiger partial charge in [0, 0.05) is 65.2 Å². The summed E-state index contributed by atoms with van der Waals surface area (Å²) in [5.74, 6) is -0.862. The number of phosphoric acid groups is 3. The molecule has 0 aliphatic carbocycles. The Labute approximate surface area is 324 Å². The molecule has 5 rings (SSSR count). The summed E-state index contributed by atoms with van der Waals surface area (Å²) in [6.07, 6.45) is -8.59. The van der Waals surface area contributed by atoms with Crippen molar-refractivity contribution in [3.8, 4) is 0 Å². The minimum atomic E-state index is -5.72. The number of ether oxygens (including phenoxy) is 2. The molecule has 0 spiro atoms. The maximum atomic E-state index is 12.5. The molecular formula is C21H28N7Na2O17P3. The SMILES string of the molecule is NC(=O)c1ccc[n+]([C@@H]2O[C@H](COP(=O)([O-])OP(=O)(O)OC[C@H]3O[C@@H](n4cnc5c(N)ncnc54)[C@H](OP(=O)(O)O)[C@@H]3O)[C@@H](O)[C@H]2O)c1.[Na].[Na]. The monoisotopic (exact) mass is 789 g/mol. The van der Waals surface area contributed by atoms with Gasteiger partial charge in [-0.1, -0.05) is 0 Å². The minimum absolute atomic E-state index is 0.